The molecule has 7 heteroatoms. The van der Waals surface area contributed by atoms with Crippen LogP contribution in [0.3, 0.4) is 0 Å². The van der Waals surface area contributed by atoms with Crippen molar-refractivity contribution in [3.05, 3.63) is 23.8 Å². The SMILES string of the molecule is CCCC(NCc1ccc(OC(F)F)c(OC)c1)C(=O)O. The maximum Gasteiger partial charge on any atom is 0.387 e. The number of aliphatic carboxylic acids is 1. The smallest absolute Gasteiger partial charge is 0.387 e. The molecule has 1 unspecified atom stereocenters. The number of ether oxygens (including phenoxy) is 2. The van der Waals surface area contributed by atoms with Crippen LogP contribution >= 0.6 is 0 Å². The third-order valence-electron chi connectivity index (χ3n) is 2.87. The maximum absolute atomic E-state index is 12.2. The Morgan fingerprint density at radius 3 is 2.62 bits per heavy atom. The van der Waals surface area contributed by atoms with Gasteiger partial charge in [0.15, 0.2) is 11.5 Å². The molecule has 1 aromatic rings. The topological polar surface area (TPSA) is 67.8 Å². The van der Waals surface area contributed by atoms with Crippen LogP contribution in [0, 0.1) is 0 Å². The third-order valence-corrected chi connectivity index (χ3v) is 2.87. The van der Waals surface area contributed by atoms with E-state index >= 15 is 0 Å². The second-order valence-corrected chi connectivity index (χ2v) is 4.42. The summed E-state index contributed by atoms with van der Waals surface area (Å²) in [5.74, 6) is -0.793. The van der Waals surface area contributed by atoms with Crippen LogP contribution in [0.2, 0.25) is 0 Å². The quantitative estimate of drug-likeness (QED) is 0.734. The number of carboxylic acids is 1. The van der Waals surface area contributed by atoms with Crippen LogP contribution < -0.4 is 14.8 Å². The van der Waals surface area contributed by atoms with Gasteiger partial charge in [0.05, 0.1) is 7.11 Å². The van der Waals surface area contributed by atoms with Crippen molar-refractivity contribution in [1.82, 2.24) is 5.32 Å². The van der Waals surface area contributed by atoms with Crippen molar-refractivity contribution in [1.29, 1.82) is 0 Å². The fourth-order valence-corrected chi connectivity index (χ4v) is 1.86. The van der Waals surface area contributed by atoms with Crippen molar-refractivity contribution in [2.24, 2.45) is 0 Å². The molecule has 0 fully saturated rings. The lowest BCUT2D eigenvalue weighted by Crippen LogP contribution is -2.35. The van der Waals surface area contributed by atoms with Gasteiger partial charge in [-0.25, -0.2) is 0 Å². The summed E-state index contributed by atoms with van der Waals surface area (Å²) in [6.45, 7) is -0.733. The summed E-state index contributed by atoms with van der Waals surface area (Å²) >= 11 is 0. The Labute approximate surface area is 121 Å². The van der Waals surface area contributed by atoms with Crippen molar-refractivity contribution in [3.8, 4) is 11.5 Å². The number of hydrogen-bond donors (Lipinski definition) is 2. The second-order valence-electron chi connectivity index (χ2n) is 4.42. The number of benzene rings is 1. The average molecular weight is 303 g/mol. The summed E-state index contributed by atoms with van der Waals surface area (Å²) in [5, 5.41) is 11.9. The molecule has 0 saturated heterocycles. The normalized spacial score (nSPS) is 12.2. The molecule has 21 heavy (non-hydrogen) atoms. The van der Waals surface area contributed by atoms with Gasteiger partial charge < -0.3 is 19.9 Å². The van der Waals surface area contributed by atoms with Gasteiger partial charge in [-0.05, 0) is 24.1 Å². The molecule has 1 atom stereocenters. The standard InChI is InChI=1S/C14H19F2NO4/c1-3-4-10(13(18)19)17-8-9-5-6-11(21-14(15)16)12(7-9)20-2/h5-7,10,14,17H,3-4,8H2,1-2H3,(H,18,19). The molecular formula is C14H19F2NO4. The van der Waals surface area contributed by atoms with Gasteiger partial charge in [-0.15, -0.1) is 0 Å². The average Bonchev–Trinajstić information content (AvgIpc) is 2.43. The molecule has 0 aliphatic carbocycles. The van der Waals surface area contributed by atoms with Crippen molar-refractivity contribution >= 4 is 5.97 Å². The van der Waals surface area contributed by atoms with E-state index in [1.807, 2.05) is 6.92 Å². The van der Waals surface area contributed by atoms with E-state index in [2.05, 4.69) is 10.1 Å². The highest BCUT2D eigenvalue weighted by molar-refractivity contribution is 5.73. The molecule has 118 valence electrons. The molecule has 0 aliphatic heterocycles. The third kappa shape index (κ3) is 5.55. The Bertz CT molecular complexity index is 468. The molecule has 5 nitrogen and oxygen atoms in total. The first kappa shape index (κ1) is 17.2. The molecule has 0 saturated carbocycles. The summed E-state index contributed by atoms with van der Waals surface area (Å²) in [6, 6.07) is 3.85. The monoisotopic (exact) mass is 303 g/mol. The predicted molar refractivity (Wildman–Crippen MR) is 72.8 cm³/mol. The Balaban J connectivity index is 2.73. The fourth-order valence-electron chi connectivity index (χ4n) is 1.86. The summed E-state index contributed by atoms with van der Waals surface area (Å²) in [4.78, 5) is 11.0. The van der Waals surface area contributed by atoms with Crippen LogP contribution in [0.15, 0.2) is 18.2 Å². The number of nitrogens with one attached hydrogen (secondary N) is 1. The fraction of sp³-hybridized carbons (Fsp3) is 0.500. The van der Waals surface area contributed by atoms with E-state index in [4.69, 9.17) is 9.84 Å². The molecule has 0 heterocycles. The Kier molecular flexibility index (Phi) is 6.87. The number of alkyl halides is 2. The molecule has 2 N–H and O–H groups in total. The molecular weight excluding hydrogens is 284 g/mol. The molecule has 0 radical (unpaired) electrons. The Morgan fingerprint density at radius 1 is 1.38 bits per heavy atom. The molecule has 0 amide bonds. The van der Waals surface area contributed by atoms with Crippen LogP contribution in [0.25, 0.3) is 0 Å². The molecule has 1 aromatic carbocycles. The molecule has 0 spiro atoms. The van der Waals surface area contributed by atoms with Crippen molar-refractivity contribution in [2.45, 2.75) is 39.0 Å². The van der Waals surface area contributed by atoms with Crippen LogP contribution in [-0.2, 0) is 11.3 Å². The number of carboxylic acid groups (broad SMARTS) is 1. The zero-order chi connectivity index (χ0) is 15.8. The van der Waals surface area contributed by atoms with Gasteiger partial charge in [-0.1, -0.05) is 19.4 Å². The molecule has 0 bridgehead atoms. The summed E-state index contributed by atoms with van der Waals surface area (Å²) in [5.41, 5.74) is 0.718. The molecule has 1 rings (SSSR count). The number of carbonyl (C=O) groups is 1. The minimum absolute atomic E-state index is 0.0559. The van der Waals surface area contributed by atoms with Gasteiger partial charge in [0.1, 0.15) is 6.04 Å². The van der Waals surface area contributed by atoms with Crippen LogP contribution in [0.1, 0.15) is 25.3 Å². The number of rotatable bonds is 9. The van der Waals surface area contributed by atoms with Crippen LogP contribution in [0.4, 0.5) is 8.78 Å². The first-order valence-electron chi connectivity index (χ1n) is 6.55. The zero-order valence-corrected chi connectivity index (χ0v) is 11.9. The lowest BCUT2D eigenvalue weighted by molar-refractivity contribution is -0.139. The van der Waals surface area contributed by atoms with Crippen molar-refractivity contribution in [2.75, 3.05) is 7.11 Å². The molecule has 0 aliphatic rings. The van der Waals surface area contributed by atoms with Crippen LogP contribution in [-0.4, -0.2) is 30.8 Å². The number of methoxy groups -OCH3 is 1. The van der Waals surface area contributed by atoms with Crippen molar-refractivity contribution < 1.29 is 28.2 Å². The highest BCUT2D eigenvalue weighted by Gasteiger charge is 2.16. The van der Waals surface area contributed by atoms with E-state index in [9.17, 15) is 13.6 Å². The van der Waals surface area contributed by atoms with Gasteiger partial charge in [-0.3, -0.25) is 4.79 Å². The van der Waals surface area contributed by atoms with E-state index in [0.29, 0.717) is 13.0 Å². The van der Waals surface area contributed by atoms with Crippen molar-refractivity contribution in [3.63, 3.8) is 0 Å². The highest BCUT2D eigenvalue weighted by Crippen LogP contribution is 2.29. The van der Waals surface area contributed by atoms with Gasteiger partial charge >= 0.3 is 12.6 Å². The van der Waals surface area contributed by atoms with E-state index in [1.54, 1.807) is 6.07 Å². The Morgan fingerprint density at radius 2 is 2.10 bits per heavy atom. The van der Waals surface area contributed by atoms with E-state index < -0.39 is 18.6 Å². The summed E-state index contributed by atoms with van der Waals surface area (Å²) in [7, 11) is 1.35. The predicted octanol–water partition coefficient (Wildman–Crippen LogP) is 2.64. The van der Waals surface area contributed by atoms with Gasteiger partial charge in [0.2, 0.25) is 0 Å². The second kappa shape index (κ2) is 8.41. The van der Waals surface area contributed by atoms with Gasteiger partial charge in [0, 0.05) is 6.54 Å². The zero-order valence-electron chi connectivity index (χ0n) is 11.9. The maximum atomic E-state index is 12.2. The summed E-state index contributed by atoms with van der Waals surface area (Å²) in [6.07, 6.45) is 1.26. The summed E-state index contributed by atoms with van der Waals surface area (Å²) < 4.78 is 33.7. The first-order valence-corrected chi connectivity index (χ1v) is 6.55. The number of halogens is 2. The largest absolute Gasteiger partial charge is 0.493 e. The minimum atomic E-state index is -2.93. The first-order chi connectivity index (χ1) is 9.97. The van der Waals surface area contributed by atoms with E-state index in [1.165, 1.54) is 19.2 Å². The van der Waals surface area contributed by atoms with E-state index in [0.717, 1.165) is 12.0 Å². The van der Waals surface area contributed by atoms with E-state index in [-0.39, 0.29) is 11.5 Å². The lowest BCUT2D eigenvalue weighted by Gasteiger charge is -2.15. The van der Waals surface area contributed by atoms with Crippen LogP contribution in [0.5, 0.6) is 11.5 Å². The highest BCUT2D eigenvalue weighted by atomic mass is 19.3. The minimum Gasteiger partial charge on any atom is -0.493 e. The van der Waals surface area contributed by atoms with Gasteiger partial charge in [-0.2, -0.15) is 8.78 Å². The number of hydrogen-bond acceptors (Lipinski definition) is 4. The molecule has 0 aromatic heterocycles. The van der Waals surface area contributed by atoms with Gasteiger partial charge in [0.25, 0.3) is 0 Å². The Hall–Kier alpha value is -1.89. The lowest BCUT2D eigenvalue weighted by atomic mass is 10.1.